The number of rotatable bonds is 7. The molecule has 5 nitrogen and oxygen atoms in total. The lowest BCUT2D eigenvalue weighted by Crippen LogP contribution is -2.41. The van der Waals surface area contributed by atoms with Crippen LogP contribution < -0.4 is 11.1 Å². The van der Waals surface area contributed by atoms with Gasteiger partial charge < -0.3 is 11.1 Å². The predicted octanol–water partition coefficient (Wildman–Crippen LogP) is 1.58. The van der Waals surface area contributed by atoms with E-state index in [2.05, 4.69) is 19.2 Å². The Kier molecular flexibility index (Phi) is 6.36. The van der Waals surface area contributed by atoms with Crippen molar-refractivity contribution in [3.05, 3.63) is 29.8 Å². The molecule has 1 aromatic rings. The first kappa shape index (κ1) is 17.7. The van der Waals surface area contributed by atoms with Crippen LogP contribution in [0.4, 0.5) is 0 Å². The first-order chi connectivity index (χ1) is 9.80. The van der Waals surface area contributed by atoms with Gasteiger partial charge in [-0.15, -0.1) is 0 Å². The highest BCUT2D eigenvalue weighted by Crippen LogP contribution is 2.13. The number of carbonyl (C=O) groups is 1. The molecule has 21 heavy (non-hydrogen) atoms. The van der Waals surface area contributed by atoms with Crippen molar-refractivity contribution in [3.63, 3.8) is 0 Å². The molecule has 0 saturated heterocycles. The van der Waals surface area contributed by atoms with Crippen LogP contribution in [0.15, 0.2) is 29.2 Å². The smallest absolute Gasteiger partial charge is 0.251 e. The van der Waals surface area contributed by atoms with Gasteiger partial charge in [-0.25, -0.2) is 8.42 Å². The Balaban J connectivity index is 2.80. The lowest BCUT2D eigenvalue weighted by atomic mass is 10.0. The van der Waals surface area contributed by atoms with E-state index in [4.69, 9.17) is 5.73 Å². The highest BCUT2D eigenvalue weighted by atomic mass is 32.2. The molecule has 1 aromatic carbocycles. The van der Waals surface area contributed by atoms with Gasteiger partial charge in [0, 0.05) is 18.2 Å². The second-order valence-corrected chi connectivity index (χ2v) is 7.74. The van der Waals surface area contributed by atoms with E-state index >= 15 is 0 Å². The average Bonchev–Trinajstić information content (AvgIpc) is 2.46. The third-order valence-electron chi connectivity index (χ3n) is 3.23. The standard InChI is InChI=1S/C15H24N2O3S/c1-4-21(19,20)14-7-5-12(6-8-14)15(18)17-13(10-16)9-11(2)3/h5-8,11,13H,4,9-10,16H2,1-3H3,(H,17,18). The van der Waals surface area contributed by atoms with Gasteiger partial charge in [0.25, 0.3) is 5.91 Å². The highest BCUT2D eigenvalue weighted by Gasteiger charge is 2.15. The van der Waals surface area contributed by atoms with Gasteiger partial charge in [0.1, 0.15) is 0 Å². The molecule has 1 unspecified atom stereocenters. The van der Waals surface area contributed by atoms with Crippen molar-refractivity contribution in [3.8, 4) is 0 Å². The van der Waals surface area contributed by atoms with Crippen LogP contribution in [-0.2, 0) is 9.84 Å². The topological polar surface area (TPSA) is 89.3 Å². The maximum Gasteiger partial charge on any atom is 0.251 e. The maximum absolute atomic E-state index is 12.1. The van der Waals surface area contributed by atoms with Crippen LogP contribution in [-0.4, -0.2) is 32.7 Å². The number of carbonyl (C=O) groups excluding carboxylic acids is 1. The number of benzene rings is 1. The molecule has 0 spiro atoms. The fraction of sp³-hybridized carbons (Fsp3) is 0.533. The highest BCUT2D eigenvalue weighted by molar-refractivity contribution is 7.91. The molecule has 6 heteroatoms. The molecule has 0 saturated carbocycles. The van der Waals surface area contributed by atoms with Crippen molar-refractivity contribution in [2.24, 2.45) is 11.7 Å². The van der Waals surface area contributed by atoms with E-state index in [0.717, 1.165) is 6.42 Å². The van der Waals surface area contributed by atoms with Crippen molar-refractivity contribution in [1.29, 1.82) is 0 Å². The summed E-state index contributed by atoms with van der Waals surface area (Å²) in [6.45, 7) is 6.11. The summed E-state index contributed by atoms with van der Waals surface area (Å²) >= 11 is 0. The molecule has 0 aliphatic rings. The lowest BCUT2D eigenvalue weighted by molar-refractivity contribution is 0.0933. The number of hydrogen-bond acceptors (Lipinski definition) is 4. The minimum Gasteiger partial charge on any atom is -0.348 e. The Morgan fingerprint density at radius 1 is 1.24 bits per heavy atom. The largest absolute Gasteiger partial charge is 0.348 e. The number of amides is 1. The summed E-state index contributed by atoms with van der Waals surface area (Å²) in [5.41, 5.74) is 6.09. The van der Waals surface area contributed by atoms with E-state index in [9.17, 15) is 13.2 Å². The van der Waals surface area contributed by atoms with Gasteiger partial charge >= 0.3 is 0 Å². The third kappa shape index (κ3) is 5.13. The molecule has 1 amide bonds. The van der Waals surface area contributed by atoms with Gasteiger partial charge in [-0.1, -0.05) is 20.8 Å². The molecule has 3 N–H and O–H groups in total. The quantitative estimate of drug-likeness (QED) is 0.800. The molecule has 0 heterocycles. The Morgan fingerprint density at radius 2 is 1.81 bits per heavy atom. The SMILES string of the molecule is CCS(=O)(=O)c1ccc(C(=O)NC(CN)CC(C)C)cc1. The van der Waals surface area contributed by atoms with Crippen LogP contribution in [0.25, 0.3) is 0 Å². The number of sulfone groups is 1. The molecular weight excluding hydrogens is 288 g/mol. The number of nitrogens with two attached hydrogens (primary N) is 1. The predicted molar refractivity (Wildman–Crippen MR) is 83.9 cm³/mol. The minimum atomic E-state index is -3.24. The van der Waals surface area contributed by atoms with E-state index < -0.39 is 9.84 Å². The zero-order chi connectivity index (χ0) is 16.0. The van der Waals surface area contributed by atoms with Gasteiger partial charge in [-0.05, 0) is 36.6 Å². The van der Waals surface area contributed by atoms with Crippen LogP contribution in [0.3, 0.4) is 0 Å². The monoisotopic (exact) mass is 312 g/mol. The summed E-state index contributed by atoms with van der Waals surface area (Å²) < 4.78 is 23.4. The summed E-state index contributed by atoms with van der Waals surface area (Å²) in [5, 5.41) is 2.87. The van der Waals surface area contributed by atoms with Crippen molar-refractivity contribution >= 4 is 15.7 Å². The van der Waals surface area contributed by atoms with Gasteiger partial charge in [0.15, 0.2) is 9.84 Å². The van der Waals surface area contributed by atoms with Gasteiger partial charge in [0.05, 0.1) is 10.6 Å². The summed E-state index contributed by atoms with van der Waals surface area (Å²) in [6.07, 6.45) is 0.810. The Morgan fingerprint density at radius 3 is 2.24 bits per heavy atom. The van der Waals surface area contributed by atoms with Crippen molar-refractivity contribution in [1.82, 2.24) is 5.32 Å². The molecule has 1 rings (SSSR count). The van der Waals surface area contributed by atoms with E-state index in [0.29, 0.717) is 18.0 Å². The van der Waals surface area contributed by atoms with E-state index in [1.807, 2.05) is 0 Å². The Hall–Kier alpha value is -1.40. The van der Waals surface area contributed by atoms with Crippen LogP contribution in [0.1, 0.15) is 37.6 Å². The summed E-state index contributed by atoms with van der Waals surface area (Å²) in [7, 11) is -3.24. The second kappa shape index (κ2) is 7.56. The van der Waals surface area contributed by atoms with E-state index in [1.54, 1.807) is 6.92 Å². The maximum atomic E-state index is 12.1. The second-order valence-electron chi connectivity index (χ2n) is 5.46. The zero-order valence-corrected chi connectivity index (χ0v) is 13.6. The molecular formula is C15H24N2O3S. The van der Waals surface area contributed by atoms with E-state index in [-0.39, 0.29) is 22.6 Å². The summed E-state index contributed by atoms with van der Waals surface area (Å²) in [5.74, 6) is 0.254. The molecule has 1 atom stereocenters. The summed E-state index contributed by atoms with van der Waals surface area (Å²) in [6, 6.07) is 5.92. The van der Waals surface area contributed by atoms with Crippen LogP contribution >= 0.6 is 0 Å². The van der Waals surface area contributed by atoms with Crippen LogP contribution in [0.2, 0.25) is 0 Å². The van der Waals surface area contributed by atoms with Gasteiger partial charge in [-0.2, -0.15) is 0 Å². The lowest BCUT2D eigenvalue weighted by Gasteiger charge is -2.18. The first-order valence-electron chi connectivity index (χ1n) is 7.14. The number of nitrogens with one attached hydrogen (secondary N) is 1. The minimum absolute atomic E-state index is 0.0438. The van der Waals surface area contributed by atoms with Gasteiger partial charge in [0.2, 0.25) is 0 Å². The fourth-order valence-corrected chi connectivity index (χ4v) is 2.92. The molecule has 118 valence electrons. The third-order valence-corrected chi connectivity index (χ3v) is 4.98. The van der Waals surface area contributed by atoms with Crippen molar-refractivity contribution < 1.29 is 13.2 Å². The summed E-state index contributed by atoms with van der Waals surface area (Å²) in [4.78, 5) is 12.3. The normalized spacial score (nSPS) is 13.2. The van der Waals surface area contributed by atoms with Crippen LogP contribution in [0.5, 0.6) is 0 Å². The van der Waals surface area contributed by atoms with Crippen LogP contribution in [0, 0.1) is 5.92 Å². The zero-order valence-electron chi connectivity index (χ0n) is 12.8. The van der Waals surface area contributed by atoms with Crippen molar-refractivity contribution in [2.45, 2.75) is 38.1 Å². The molecule has 0 radical (unpaired) electrons. The molecule has 0 aliphatic heterocycles. The first-order valence-corrected chi connectivity index (χ1v) is 8.79. The molecule has 0 aliphatic carbocycles. The van der Waals surface area contributed by atoms with E-state index in [1.165, 1.54) is 24.3 Å². The molecule has 0 bridgehead atoms. The molecule has 0 aromatic heterocycles. The average molecular weight is 312 g/mol. The Bertz CT molecular complexity index is 565. The molecule has 0 fully saturated rings. The van der Waals surface area contributed by atoms with Gasteiger partial charge in [-0.3, -0.25) is 4.79 Å². The number of hydrogen-bond donors (Lipinski definition) is 2. The fourth-order valence-electron chi connectivity index (χ4n) is 2.03. The van der Waals surface area contributed by atoms with Crippen molar-refractivity contribution in [2.75, 3.05) is 12.3 Å². The Labute approximate surface area is 126 Å².